The van der Waals surface area contributed by atoms with Crippen molar-refractivity contribution >= 4 is 23.7 Å². The number of hydrogen-bond donors (Lipinski definition) is 1. The molecule has 1 aliphatic heterocycles. The van der Waals surface area contributed by atoms with Crippen molar-refractivity contribution in [1.29, 1.82) is 0 Å². The van der Waals surface area contributed by atoms with Gasteiger partial charge < -0.3 is 10.1 Å². The summed E-state index contributed by atoms with van der Waals surface area (Å²) in [7, 11) is 0. The van der Waals surface area contributed by atoms with Crippen LogP contribution in [0.3, 0.4) is 0 Å². The van der Waals surface area contributed by atoms with Crippen molar-refractivity contribution < 1.29 is 23.9 Å². The third kappa shape index (κ3) is 3.60. The van der Waals surface area contributed by atoms with Crippen LogP contribution in [0.25, 0.3) is 0 Å². The summed E-state index contributed by atoms with van der Waals surface area (Å²) >= 11 is 0. The molecule has 1 N–H and O–H groups in total. The number of ether oxygens (including phenoxy) is 1. The Morgan fingerprint density at radius 2 is 1.54 bits per heavy atom. The summed E-state index contributed by atoms with van der Waals surface area (Å²) in [6.45, 7) is 6.55. The summed E-state index contributed by atoms with van der Waals surface area (Å²) in [5, 5.41) is 2.65. The molecule has 0 aromatic carbocycles. The average Bonchev–Trinajstić information content (AvgIpc) is 2.78. The fourth-order valence-corrected chi connectivity index (χ4v) is 3.40. The molecule has 2 rings (SSSR count). The zero-order valence-corrected chi connectivity index (χ0v) is 14.7. The van der Waals surface area contributed by atoms with E-state index in [-0.39, 0.29) is 29.7 Å². The van der Waals surface area contributed by atoms with Crippen molar-refractivity contribution in [3.8, 4) is 0 Å². The standard InChI is InChI=1S/C17H26N2O5/c1-9(2)18-14(20)11(4)24-17(23)10(3)19-15(21)12-7-5-6-8-13(12)16(19)22/h9-13H,5-8H2,1-4H3,(H,18,20). The number of imide groups is 1. The molecule has 4 unspecified atom stereocenters. The average molecular weight is 338 g/mol. The predicted molar refractivity (Wildman–Crippen MR) is 85.6 cm³/mol. The summed E-state index contributed by atoms with van der Waals surface area (Å²) in [5.41, 5.74) is 0. The third-order valence-corrected chi connectivity index (χ3v) is 4.70. The number of carbonyl (C=O) groups is 4. The molecule has 3 amide bonds. The first kappa shape index (κ1) is 18.4. The van der Waals surface area contributed by atoms with Gasteiger partial charge in [0.1, 0.15) is 6.04 Å². The van der Waals surface area contributed by atoms with E-state index in [0.29, 0.717) is 12.8 Å². The van der Waals surface area contributed by atoms with Crippen LogP contribution in [0.4, 0.5) is 0 Å². The SMILES string of the molecule is CC(C)NC(=O)C(C)OC(=O)C(C)N1C(=O)C2CCCCC2C1=O. The predicted octanol–water partition coefficient (Wildman–Crippen LogP) is 1.01. The Morgan fingerprint density at radius 3 is 2.00 bits per heavy atom. The van der Waals surface area contributed by atoms with Gasteiger partial charge in [-0.25, -0.2) is 4.79 Å². The highest BCUT2D eigenvalue weighted by molar-refractivity contribution is 6.07. The number of fused-ring (bicyclic) bond motifs is 1. The third-order valence-electron chi connectivity index (χ3n) is 4.70. The maximum atomic E-state index is 12.5. The van der Waals surface area contributed by atoms with Crippen LogP contribution >= 0.6 is 0 Å². The molecular formula is C17H26N2O5. The molecule has 7 nitrogen and oxygen atoms in total. The lowest BCUT2D eigenvalue weighted by atomic mass is 9.81. The lowest BCUT2D eigenvalue weighted by Crippen LogP contribution is -2.47. The summed E-state index contributed by atoms with van der Waals surface area (Å²) in [6.07, 6.45) is 2.28. The zero-order valence-electron chi connectivity index (χ0n) is 14.7. The van der Waals surface area contributed by atoms with E-state index in [1.165, 1.54) is 13.8 Å². The van der Waals surface area contributed by atoms with Gasteiger partial charge in [-0.2, -0.15) is 0 Å². The van der Waals surface area contributed by atoms with Crippen molar-refractivity contribution in [1.82, 2.24) is 10.2 Å². The highest BCUT2D eigenvalue weighted by Gasteiger charge is 2.51. The van der Waals surface area contributed by atoms with E-state index in [9.17, 15) is 19.2 Å². The molecule has 0 radical (unpaired) electrons. The quantitative estimate of drug-likeness (QED) is 0.596. The van der Waals surface area contributed by atoms with E-state index in [1.54, 1.807) is 13.8 Å². The van der Waals surface area contributed by atoms with Crippen molar-refractivity contribution in [3.63, 3.8) is 0 Å². The molecule has 2 aliphatic rings. The summed E-state index contributed by atoms with van der Waals surface area (Å²) in [5.74, 6) is -2.31. The van der Waals surface area contributed by atoms with Crippen LogP contribution in [0, 0.1) is 11.8 Å². The first-order valence-corrected chi connectivity index (χ1v) is 8.61. The Bertz CT molecular complexity index is 521. The number of likely N-dealkylation sites (tertiary alicyclic amines) is 1. The molecule has 1 aliphatic carbocycles. The zero-order chi connectivity index (χ0) is 18.0. The molecule has 24 heavy (non-hydrogen) atoms. The molecule has 7 heteroatoms. The van der Waals surface area contributed by atoms with Gasteiger partial charge in [0.2, 0.25) is 11.8 Å². The van der Waals surface area contributed by atoms with Gasteiger partial charge in [0, 0.05) is 6.04 Å². The van der Waals surface area contributed by atoms with E-state index < -0.39 is 24.0 Å². The Hall–Kier alpha value is -1.92. The van der Waals surface area contributed by atoms with Gasteiger partial charge in [-0.15, -0.1) is 0 Å². The van der Waals surface area contributed by atoms with E-state index in [2.05, 4.69) is 5.32 Å². The van der Waals surface area contributed by atoms with Gasteiger partial charge in [-0.3, -0.25) is 19.3 Å². The maximum absolute atomic E-state index is 12.5. The van der Waals surface area contributed by atoms with Crippen LogP contribution in [-0.2, 0) is 23.9 Å². The Kier molecular flexibility index (Phi) is 5.62. The number of hydrogen-bond acceptors (Lipinski definition) is 5. The normalized spacial score (nSPS) is 26.1. The van der Waals surface area contributed by atoms with Crippen molar-refractivity contribution in [2.75, 3.05) is 0 Å². The van der Waals surface area contributed by atoms with Gasteiger partial charge in [0.05, 0.1) is 11.8 Å². The Labute approximate surface area is 142 Å². The first-order valence-electron chi connectivity index (χ1n) is 8.61. The number of nitrogens with one attached hydrogen (secondary N) is 1. The number of carbonyl (C=O) groups excluding carboxylic acids is 4. The summed E-state index contributed by atoms with van der Waals surface area (Å²) in [6, 6.07) is -1.08. The van der Waals surface area contributed by atoms with E-state index in [0.717, 1.165) is 17.7 Å². The molecule has 1 saturated carbocycles. The molecule has 1 heterocycles. The van der Waals surface area contributed by atoms with Gasteiger partial charge in [-0.1, -0.05) is 12.8 Å². The van der Waals surface area contributed by atoms with Crippen LogP contribution in [0.15, 0.2) is 0 Å². The van der Waals surface area contributed by atoms with Crippen LogP contribution in [0.1, 0.15) is 53.4 Å². The Morgan fingerprint density at radius 1 is 1.04 bits per heavy atom. The highest BCUT2D eigenvalue weighted by atomic mass is 16.5. The molecule has 0 aromatic rings. The highest BCUT2D eigenvalue weighted by Crippen LogP contribution is 2.38. The monoisotopic (exact) mass is 338 g/mol. The largest absolute Gasteiger partial charge is 0.451 e. The second-order valence-corrected chi connectivity index (χ2v) is 6.96. The molecule has 134 valence electrons. The van der Waals surface area contributed by atoms with Crippen molar-refractivity contribution in [2.24, 2.45) is 11.8 Å². The van der Waals surface area contributed by atoms with Gasteiger partial charge in [0.25, 0.3) is 5.91 Å². The molecule has 0 aromatic heterocycles. The topological polar surface area (TPSA) is 92.8 Å². The van der Waals surface area contributed by atoms with Gasteiger partial charge >= 0.3 is 5.97 Å². The first-order chi connectivity index (χ1) is 11.2. The minimum absolute atomic E-state index is 0.0686. The minimum Gasteiger partial charge on any atom is -0.451 e. The maximum Gasteiger partial charge on any atom is 0.329 e. The Balaban J connectivity index is 2.01. The second kappa shape index (κ2) is 7.32. The van der Waals surface area contributed by atoms with Crippen LogP contribution in [0.5, 0.6) is 0 Å². The number of nitrogens with zero attached hydrogens (tertiary/aromatic N) is 1. The number of esters is 1. The van der Waals surface area contributed by atoms with Crippen LogP contribution in [-0.4, -0.2) is 46.8 Å². The molecule has 0 spiro atoms. The smallest absolute Gasteiger partial charge is 0.329 e. The second-order valence-electron chi connectivity index (χ2n) is 6.96. The van der Waals surface area contributed by atoms with Gasteiger partial charge in [0.15, 0.2) is 6.10 Å². The molecule has 1 saturated heterocycles. The van der Waals surface area contributed by atoms with Crippen LogP contribution in [0.2, 0.25) is 0 Å². The van der Waals surface area contributed by atoms with Crippen molar-refractivity contribution in [2.45, 2.75) is 71.6 Å². The summed E-state index contributed by atoms with van der Waals surface area (Å²) in [4.78, 5) is 50.1. The van der Waals surface area contributed by atoms with Gasteiger partial charge in [-0.05, 0) is 40.5 Å². The molecule has 2 fully saturated rings. The lowest BCUT2D eigenvalue weighted by molar-refractivity contribution is -0.164. The minimum atomic E-state index is -1.01. The van der Waals surface area contributed by atoms with E-state index >= 15 is 0 Å². The van der Waals surface area contributed by atoms with E-state index in [1.807, 2.05) is 0 Å². The van der Waals surface area contributed by atoms with Crippen LogP contribution < -0.4 is 5.32 Å². The fraction of sp³-hybridized carbons (Fsp3) is 0.765. The number of amides is 3. The van der Waals surface area contributed by atoms with E-state index in [4.69, 9.17) is 4.74 Å². The van der Waals surface area contributed by atoms with Crippen molar-refractivity contribution in [3.05, 3.63) is 0 Å². The number of rotatable bonds is 5. The molecule has 0 bridgehead atoms. The fourth-order valence-electron chi connectivity index (χ4n) is 3.40. The summed E-state index contributed by atoms with van der Waals surface area (Å²) < 4.78 is 5.14. The molecular weight excluding hydrogens is 312 g/mol. The lowest BCUT2D eigenvalue weighted by Gasteiger charge is -2.23. The molecule has 4 atom stereocenters.